The van der Waals surface area contributed by atoms with Crippen LogP contribution in [-0.2, 0) is 5.41 Å². The summed E-state index contributed by atoms with van der Waals surface area (Å²) in [5, 5.41) is 16.9. The molecule has 10 heavy (non-hydrogen) atoms. The van der Waals surface area contributed by atoms with Gasteiger partial charge in [-0.3, -0.25) is 0 Å². The molecule has 1 heterocycles. The Balaban J connectivity index is 2.99. The molecule has 0 aromatic carbocycles. The van der Waals surface area contributed by atoms with E-state index < -0.39 is 5.41 Å². The molecule has 0 atom stereocenters. The van der Waals surface area contributed by atoms with E-state index in [4.69, 9.17) is 5.26 Å². The van der Waals surface area contributed by atoms with Crippen LogP contribution in [0.25, 0.3) is 0 Å². The zero-order valence-corrected chi connectivity index (χ0v) is 6.64. The van der Waals surface area contributed by atoms with Crippen molar-refractivity contribution < 1.29 is 0 Å². The molecule has 0 unspecified atom stereocenters. The Labute approximate surface area is 63.3 Å². The molecule has 1 aromatic rings. The summed E-state index contributed by atoms with van der Waals surface area (Å²) in [6.07, 6.45) is 0. The van der Waals surface area contributed by atoms with Crippen LogP contribution in [0.1, 0.15) is 18.9 Å². The fourth-order valence-corrected chi connectivity index (χ4v) is 1.12. The molecule has 3 nitrogen and oxygen atoms in total. The fourth-order valence-electron chi connectivity index (χ4n) is 0.493. The Morgan fingerprint density at radius 3 is 2.80 bits per heavy atom. The molecule has 0 bridgehead atoms. The monoisotopic (exact) mass is 153 g/mol. The van der Waals surface area contributed by atoms with Crippen molar-refractivity contribution in [1.29, 1.82) is 5.26 Å². The number of rotatable bonds is 1. The topological polar surface area (TPSA) is 49.6 Å². The molecule has 0 spiro atoms. The van der Waals surface area contributed by atoms with Crippen molar-refractivity contribution in [3.8, 4) is 6.07 Å². The smallest absolute Gasteiger partial charge is 0.136 e. The van der Waals surface area contributed by atoms with Crippen LogP contribution >= 0.6 is 11.3 Å². The predicted octanol–water partition coefficient (Wildman–Crippen LogP) is 1.34. The highest BCUT2D eigenvalue weighted by Gasteiger charge is 2.22. The molecule has 0 fully saturated rings. The molecule has 52 valence electrons. The van der Waals surface area contributed by atoms with Crippen molar-refractivity contribution in [2.75, 3.05) is 0 Å². The normalized spacial score (nSPS) is 10.9. The minimum atomic E-state index is -0.485. The van der Waals surface area contributed by atoms with E-state index in [2.05, 4.69) is 16.3 Å². The van der Waals surface area contributed by atoms with Gasteiger partial charge in [-0.2, -0.15) is 5.26 Å². The molecule has 0 saturated carbocycles. The quantitative estimate of drug-likeness (QED) is 0.611. The number of nitriles is 1. The summed E-state index contributed by atoms with van der Waals surface area (Å²) in [5.74, 6) is 0. The number of hydrogen-bond acceptors (Lipinski definition) is 4. The van der Waals surface area contributed by atoms with Crippen LogP contribution in [-0.4, -0.2) is 10.2 Å². The highest BCUT2D eigenvalue weighted by atomic mass is 32.1. The molecule has 0 aliphatic heterocycles. The second-order valence-corrected chi connectivity index (χ2v) is 3.31. The first-order valence-corrected chi connectivity index (χ1v) is 3.72. The summed E-state index contributed by atoms with van der Waals surface area (Å²) in [6.45, 7) is 3.65. The first kappa shape index (κ1) is 7.16. The summed E-state index contributed by atoms with van der Waals surface area (Å²) in [7, 11) is 0. The summed E-state index contributed by atoms with van der Waals surface area (Å²) in [5.41, 5.74) is 1.15. The maximum atomic E-state index is 8.65. The zero-order chi connectivity index (χ0) is 7.61. The molecule has 1 aromatic heterocycles. The average molecular weight is 153 g/mol. The first-order valence-electron chi connectivity index (χ1n) is 2.85. The lowest BCUT2D eigenvalue weighted by Crippen LogP contribution is -2.13. The van der Waals surface area contributed by atoms with E-state index in [-0.39, 0.29) is 0 Å². The molecule has 0 saturated heterocycles. The molecule has 0 N–H and O–H groups in total. The van der Waals surface area contributed by atoms with E-state index in [0.717, 1.165) is 5.01 Å². The average Bonchev–Trinajstić information content (AvgIpc) is 2.38. The third kappa shape index (κ3) is 1.14. The van der Waals surface area contributed by atoms with Crippen molar-refractivity contribution in [3.63, 3.8) is 0 Å². The minimum Gasteiger partial charge on any atom is -0.197 e. The second-order valence-electron chi connectivity index (χ2n) is 2.48. The largest absolute Gasteiger partial charge is 0.197 e. The predicted molar refractivity (Wildman–Crippen MR) is 38.5 cm³/mol. The van der Waals surface area contributed by atoms with Crippen molar-refractivity contribution in [3.05, 3.63) is 10.5 Å². The van der Waals surface area contributed by atoms with Crippen LogP contribution in [0.5, 0.6) is 0 Å². The maximum Gasteiger partial charge on any atom is 0.136 e. The summed E-state index contributed by atoms with van der Waals surface area (Å²) < 4.78 is 0. The molecule has 0 radical (unpaired) electrons. The van der Waals surface area contributed by atoms with Gasteiger partial charge in [-0.15, -0.1) is 21.5 Å². The van der Waals surface area contributed by atoms with Crippen LogP contribution in [0.15, 0.2) is 5.51 Å². The minimum absolute atomic E-state index is 0.485. The SMILES string of the molecule is CC(C)(C#N)c1nncs1. The summed E-state index contributed by atoms with van der Waals surface area (Å²) >= 11 is 1.41. The molecule has 4 heteroatoms. The fraction of sp³-hybridized carbons (Fsp3) is 0.500. The Morgan fingerprint density at radius 1 is 1.70 bits per heavy atom. The third-order valence-electron chi connectivity index (χ3n) is 1.17. The van der Waals surface area contributed by atoms with Gasteiger partial charge in [-0.1, -0.05) is 0 Å². The van der Waals surface area contributed by atoms with Crippen LogP contribution in [0, 0.1) is 11.3 Å². The maximum absolute atomic E-state index is 8.65. The molecular formula is C6H7N3S. The van der Waals surface area contributed by atoms with Crippen LogP contribution in [0.3, 0.4) is 0 Å². The number of nitrogens with zero attached hydrogens (tertiary/aromatic N) is 3. The van der Waals surface area contributed by atoms with E-state index in [1.54, 1.807) is 5.51 Å². The van der Waals surface area contributed by atoms with Gasteiger partial charge in [0.05, 0.1) is 6.07 Å². The Kier molecular flexibility index (Phi) is 1.68. The number of hydrogen-bond donors (Lipinski definition) is 0. The van der Waals surface area contributed by atoms with Crippen molar-refractivity contribution >= 4 is 11.3 Å². The lowest BCUT2D eigenvalue weighted by atomic mass is 9.97. The molecular weight excluding hydrogens is 146 g/mol. The Bertz CT molecular complexity index is 244. The van der Waals surface area contributed by atoms with Crippen molar-refractivity contribution in [1.82, 2.24) is 10.2 Å². The van der Waals surface area contributed by atoms with Gasteiger partial charge in [0.1, 0.15) is 15.9 Å². The van der Waals surface area contributed by atoms with E-state index in [9.17, 15) is 0 Å². The molecule has 0 aliphatic rings. The first-order chi connectivity index (χ1) is 4.67. The van der Waals surface area contributed by atoms with Gasteiger partial charge in [0.25, 0.3) is 0 Å². The van der Waals surface area contributed by atoms with Gasteiger partial charge in [-0.05, 0) is 13.8 Å². The van der Waals surface area contributed by atoms with Gasteiger partial charge in [0.2, 0.25) is 0 Å². The Hall–Kier alpha value is -0.950. The van der Waals surface area contributed by atoms with E-state index in [1.165, 1.54) is 11.3 Å². The van der Waals surface area contributed by atoms with Crippen LogP contribution in [0.2, 0.25) is 0 Å². The van der Waals surface area contributed by atoms with Gasteiger partial charge in [-0.25, -0.2) is 0 Å². The van der Waals surface area contributed by atoms with Crippen LogP contribution < -0.4 is 0 Å². The van der Waals surface area contributed by atoms with Gasteiger partial charge < -0.3 is 0 Å². The number of aromatic nitrogens is 2. The summed E-state index contributed by atoms with van der Waals surface area (Å²) in [6, 6.07) is 2.15. The third-order valence-corrected chi connectivity index (χ3v) is 2.19. The lowest BCUT2D eigenvalue weighted by molar-refractivity contribution is 0.668. The summed E-state index contributed by atoms with van der Waals surface area (Å²) in [4.78, 5) is 0. The standard InChI is InChI=1S/C6H7N3S/c1-6(2,3-7)5-9-8-4-10-5/h4H,1-2H3. The van der Waals surface area contributed by atoms with E-state index >= 15 is 0 Å². The molecule has 0 aliphatic carbocycles. The van der Waals surface area contributed by atoms with E-state index in [1.807, 2.05) is 13.8 Å². The highest BCUT2D eigenvalue weighted by Crippen LogP contribution is 2.22. The zero-order valence-electron chi connectivity index (χ0n) is 5.83. The van der Waals surface area contributed by atoms with Gasteiger partial charge in [0, 0.05) is 0 Å². The van der Waals surface area contributed by atoms with Crippen molar-refractivity contribution in [2.24, 2.45) is 0 Å². The van der Waals surface area contributed by atoms with Gasteiger partial charge in [0.15, 0.2) is 0 Å². The second kappa shape index (κ2) is 2.35. The Morgan fingerprint density at radius 2 is 2.40 bits per heavy atom. The highest BCUT2D eigenvalue weighted by molar-refractivity contribution is 7.09. The van der Waals surface area contributed by atoms with Gasteiger partial charge >= 0.3 is 0 Å². The van der Waals surface area contributed by atoms with E-state index in [0.29, 0.717) is 0 Å². The van der Waals surface area contributed by atoms with Crippen LogP contribution in [0.4, 0.5) is 0 Å². The molecule has 1 rings (SSSR count). The lowest BCUT2D eigenvalue weighted by Gasteiger charge is -2.08. The molecule has 0 amide bonds. The van der Waals surface area contributed by atoms with Crippen molar-refractivity contribution in [2.45, 2.75) is 19.3 Å².